The summed E-state index contributed by atoms with van der Waals surface area (Å²) in [5.41, 5.74) is 2.95. The molecular weight excluding hydrogens is 404 g/mol. The standard InChI is InChI=1S/C24H22N6O2/c1-3-23(31)29-14-18-6-7-19(29)13-28(18)22-8-5-16(11-26-22)21-9-20(32-4-2)15-30-24(21)17(10-25)12-27-30/h1,5,8-9,11-12,15,18-19H,4,6-7,13-14H2,2H3. The summed E-state index contributed by atoms with van der Waals surface area (Å²) >= 11 is 0. The zero-order chi connectivity index (χ0) is 22.2. The zero-order valence-electron chi connectivity index (χ0n) is 17.7. The number of carbonyl (C=O) groups excluding carboxylic acids is 1. The maximum atomic E-state index is 12.0. The summed E-state index contributed by atoms with van der Waals surface area (Å²) in [4.78, 5) is 20.9. The second-order valence-electron chi connectivity index (χ2n) is 8.03. The van der Waals surface area contributed by atoms with Crippen molar-refractivity contribution >= 4 is 17.2 Å². The summed E-state index contributed by atoms with van der Waals surface area (Å²) in [5.74, 6) is 3.58. The highest BCUT2D eigenvalue weighted by Crippen LogP contribution is 2.34. The smallest absolute Gasteiger partial charge is 0.298 e. The molecule has 0 aliphatic carbocycles. The molecule has 1 amide bonds. The number of ether oxygens (including phenoxy) is 1. The Labute approximate surface area is 186 Å². The molecule has 3 aliphatic rings. The summed E-state index contributed by atoms with van der Waals surface area (Å²) in [6.45, 7) is 3.82. The molecule has 3 fully saturated rings. The van der Waals surface area contributed by atoms with Crippen LogP contribution in [0.3, 0.4) is 0 Å². The van der Waals surface area contributed by atoms with Gasteiger partial charge < -0.3 is 14.5 Å². The van der Waals surface area contributed by atoms with E-state index in [4.69, 9.17) is 16.1 Å². The number of nitriles is 1. The number of pyridine rings is 2. The number of fused-ring (bicyclic) bond motifs is 4. The second-order valence-corrected chi connectivity index (χ2v) is 8.03. The molecule has 0 saturated carbocycles. The van der Waals surface area contributed by atoms with Crippen LogP contribution in [0.25, 0.3) is 16.6 Å². The van der Waals surface area contributed by atoms with E-state index in [1.54, 1.807) is 16.9 Å². The van der Waals surface area contributed by atoms with Gasteiger partial charge in [-0.1, -0.05) is 0 Å². The molecule has 6 heterocycles. The third-order valence-corrected chi connectivity index (χ3v) is 6.29. The normalized spacial score (nSPS) is 19.6. The van der Waals surface area contributed by atoms with Gasteiger partial charge in [-0.2, -0.15) is 10.4 Å². The maximum absolute atomic E-state index is 12.0. The Kier molecular flexibility index (Phi) is 4.91. The first-order chi connectivity index (χ1) is 15.6. The zero-order valence-corrected chi connectivity index (χ0v) is 17.7. The van der Waals surface area contributed by atoms with Crippen molar-refractivity contribution in [2.75, 3.05) is 24.6 Å². The van der Waals surface area contributed by atoms with Crippen molar-refractivity contribution in [1.29, 1.82) is 5.26 Å². The molecule has 2 atom stereocenters. The van der Waals surface area contributed by atoms with Crippen molar-refractivity contribution in [2.45, 2.75) is 31.8 Å². The van der Waals surface area contributed by atoms with Gasteiger partial charge >= 0.3 is 0 Å². The van der Waals surface area contributed by atoms with E-state index in [-0.39, 0.29) is 18.0 Å². The van der Waals surface area contributed by atoms with Gasteiger partial charge in [-0.25, -0.2) is 9.50 Å². The Hall–Kier alpha value is -4.04. The van der Waals surface area contributed by atoms with Gasteiger partial charge in [-0.3, -0.25) is 4.79 Å². The van der Waals surface area contributed by atoms with Crippen molar-refractivity contribution in [1.82, 2.24) is 19.5 Å². The Morgan fingerprint density at radius 1 is 1.28 bits per heavy atom. The molecule has 0 aromatic carbocycles. The molecule has 2 unspecified atom stereocenters. The molecule has 32 heavy (non-hydrogen) atoms. The lowest BCUT2D eigenvalue weighted by molar-refractivity contribution is -0.130. The molecule has 3 aromatic rings. The first kappa shape index (κ1) is 19.9. The molecule has 8 nitrogen and oxygen atoms in total. The number of aromatic nitrogens is 3. The lowest BCUT2D eigenvalue weighted by atomic mass is 9.90. The van der Waals surface area contributed by atoms with Crippen molar-refractivity contribution in [3.05, 3.63) is 42.4 Å². The third kappa shape index (κ3) is 3.21. The third-order valence-electron chi connectivity index (χ3n) is 6.29. The quantitative estimate of drug-likeness (QED) is 0.596. The van der Waals surface area contributed by atoms with Gasteiger partial charge in [-0.05, 0) is 43.9 Å². The van der Waals surface area contributed by atoms with Gasteiger partial charge in [0.1, 0.15) is 17.6 Å². The lowest BCUT2D eigenvalue weighted by Crippen LogP contribution is -2.64. The van der Waals surface area contributed by atoms with Crippen LogP contribution in [0.4, 0.5) is 5.82 Å². The number of hydrogen-bond acceptors (Lipinski definition) is 6. The van der Waals surface area contributed by atoms with Gasteiger partial charge in [-0.15, -0.1) is 6.42 Å². The molecule has 0 spiro atoms. The van der Waals surface area contributed by atoms with Crippen LogP contribution in [0.2, 0.25) is 0 Å². The fraction of sp³-hybridized carbons (Fsp3) is 0.333. The number of carbonyl (C=O) groups is 1. The van der Waals surface area contributed by atoms with Crippen LogP contribution in [0.15, 0.2) is 36.8 Å². The number of rotatable bonds is 4. The van der Waals surface area contributed by atoms with Crippen LogP contribution in [0.1, 0.15) is 25.3 Å². The number of piperidine rings is 2. The number of hydrogen-bond donors (Lipinski definition) is 0. The average molecular weight is 426 g/mol. The van der Waals surface area contributed by atoms with Gasteiger partial charge in [0.05, 0.1) is 36.1 Å². The Morgan fingerprint density at radius 2 is 2.12 bits per heavy atom. The molecule has 160 valence electrons. The summed E-state index contributed by atoms with van der Waals surface area (Å²) in [7, 11) is 0. The molecule has 3 aromatic heterocycles. The van der Waals surface area contributed by atoms with E-state index in [9.17, 15) is 10.1 Å². The van der Waals surface area contributed by atoms with Gasteiger partial charge in [0, 0.05) is 36.5 Å². The van der Waals surface area contributed by atoms with Crippen molar-refractivity contribution in [3.63, 3.8) is 0 Å². The first-order valence-corrected chi connectivity index (χ1v) is 10.7. The minimum absolute atomic E-state index is 0.123. The molecule has 8 heteroatoms. The largest absolute Gasteiger partial charge is 0.492 e. The fourth-order valence-corrected chi connectivity index (χ4v) is 4.80. The Morgan fingerprint density at radius 3 is 2.78 bits per heavy atom. The number of anilines is 1. The Balaban J connectivity index is 1.47. The van der Waals surface area contributed by atoms with Crippen LogP contribution >= 0.6 is 0 Å². The lowest BCUT2D eigenvalue weighted by Gasteiger charge is -2.51. The molecule has 3 saturated heterocycles. The first-order valence-electron chi connectivity index (χ1n) is 10.7. The van der Waals surface area contributed by atoms with E-state index in [0.717, 1.165) is 41.8 Å². The second kappa shape index (κ2) is 7.90. The van der Waals surface area contributed by atoms with Crippen molar-refractivity contribution in [2.24, 2.45) is 0 Å². The van der Waals surface area contributed by atoms with E-state index in [1.165, 1.54) is 0 Å². The van der Waals surface area contributed by atoms with Crippen molar-refractivity contribution < 1.29 is 9.53 Å². The van der Waals surface area contributed by atoms with E-state index in [0.29, 0.717) is 24.5 Å². The summed E-state index contributed by atoms with van der Waals surface area (Å²) in [6, 6.07) is 8.47. The molecule has 0 N–H and O–H groups in total. The van der Waals surface area contributed by atoms with Crippen LogP contribution in [0.5, 0.6) is 5.75 Å². The molecule has 6 rings (SSSR count). The van der Waals surface area contributed by atoms with E-state index in [2.05, 4.69) is 22.0 Å². The minimum atomic E-state index is -0.227. The van der Waals surface area contributed by atoms with Crippen LogP contribution in [-0.4, -0.2) is 57.2 Å². The Bertz CT molecular complexity index is 1270. The fourth-order valence-electron chi connectivity index (χ4n) is 4.80. The van der Waals surface area contributed by atoms with E-state index >= 15 is 0 Å². The van der Waals surface area contributed by atoms with Crippen LogP contribution < -0.4 is 9.64 Å². The van der Waals surface area contributed by atoms with Gasteiger partial charge in [0.15, 0.2) is 0 Å². The predicted molar refractivity (Wildman–Crippen MR) is 119 cm³/mol. The molecule has 2 bridgehead atoms. The number of terminal acetylenes is 1. The summed E-state index contributed by atoms with van der Waals surface area (Å²) in [5, 5.41) is 13.8. The van der Waals surface area contributed by atoms with Crippen LogP contribution in [-0.2, 0) is 4.79 Å². The van der Waals surface area contributed by atoms with Crippen molar-refractivity contribution in [3.8, 4) is 35.3 Å². The molecular formula is C24H22N6O2. The highest BCUT2D eigenvalue weighted by molar-refractivity contribution is 5.93. The highest BCUT2D eigenvalue weighted by atomic mass is 16.5. The van der Waals surface area contributed by atoms with Gasteiger partial charge in [0.2, 0.25) is 0 Å². The SMILES string of the molecule is C#CC(=O)N1CC2CCC1CN2c1ccc(-c2cc(OCC)cn3ncc(C#N)c23)cn1. The van der Waals surface area contributed by atoms with E-state index < -0.39 is 0 Å². The number of amides is 1. The number of piperazine rings is 1. The molecule has 3 aliphatic heterocycles. The predicted octanol–water partition coefficient (Wildman–Crippen LogP) is 2.48. The van der Waals surface area contributed by atoms with Gasteiger partial charge in [0.25, 0.3) is 5.91 Å². The molecule has 0 radical (unpaired) electrons. The van der Waals surface area contributed by atoms with E-state index in [1.807, 2.05) is 36.2 Å². The maximum Gasteiger partial charge on any atom is 0.298 e. The monoisotopic (exact) mass is 426 g/mol. The number of nitrogens with zero attached hydrogens (tertiary/aromatic N) is 6. The van der Waals surface area contributed by atoms with Crippen LogP contribution in [0, 0.1) is 23.7 Å². The summed E-state index contributed by atoms with van der Waals surface area (Å²) in [6.07, 6.45) is 12.5. The minimum Gasteiger partial charge on any atom is -0.492 e. The average Bonchev–Trinajstić information content (AvgIpc) is 3.26. The topological polar surface area (TPSA) is 86.8 Å². The summed E-state index contributed by atoms with van der Waals surface area (Å²) < 4.78 is 7.37. The highest BCUT2D eigenvalue weighted by Gasteiger charge is 2.41.